The maximum atomic E-state index is 11.3. The fourth-order valence-corrected chi connectivity index (χ4v) is 1.27. The molecule has 0 heterocycles. The van der Waals surface area contributed by atoms with Crippen molar-refractivity contribution in [3.05, 3.63) is 0 Å². The van der Waals surface area contributed by atoms with Crippen LogP contribution in [-0.4, -0.2) is 30.2 Å². The Morgan fingerprint density at radius 3 is 2.18 bits per heavy atom. The summed E-state index contributed by atoms with van der Waals surface area (Å²) in [4.78, 5) is 21.8. The van der Waals surface area contributed by atoms with Gasteiger partial charge in [-0.3, -0.25) is 4.79 Å². The van der Waals surface area contributed by atoms with E-state index in [1.54, 1.807) is 6.92 Å². The number of rotatable bonds is 8. The van der Waals surface area contributed by atoms with E-state index in [1.165, 1.54) is 0 Å². The van der Waals surface area contributed by atoms with Crippen LogP contribution in [0.3, 0.4) is 0 Å². The molecule has 17 heavy (non-hydrogen) atoms. The number of aliphatic carboxylic acids is 1. The number of hydrogen-bond donors (Lipinski definition) is 3. The lowest BCUT2D eigenvalue weighted by atomic mass is 10.1. The first-order valence-corrected chi connectivity index (χ1v) is 6.18. The maximum absolute atomic E-state index is 11.3. The van der Waals surface area contributed by atoms with Crippen LogP contribution in [0, 0.1) is 11.8 Å². The molecule has 0 fully saturated rings. The second-order valence-corrected chi connectivity index (χ2v) is 4.75. The zero-order valence-electron chi connectivity index (χ0n) is 11.0. The summed E-state index contributed by atoms with van der Waals surface area (Å²) >= 11 is 0. The van der Waals surface area contributed by atoms with Crippen LogP contribution in [-0.2, 0) is 4.79 Å². The van der Waals surface area contributed by atoms with Crippen molar-refractivity contribution in [2.24, 2.45) is 11.8 Å². The maximum Gasteiger partial charge on any atom is 0.314 e. The van der Waals surface area contributed by atoms with Crippen molar-refractivity contribution >= 4 is 12.0 Å². The van der Waals surface area contributed by atoms with Gasteiger partial charge in [-0.1, -0.05) is 20.8 Å². The molecular weight excluding hydrogens is 220 g/mol. The summed E-state index contributed by atoms with van der Waals surface area (Å²) in [6.45, 7) is 7.07. The van der Waals surface area contributed by atoms with Crippen molar-refractivity contribution in [1.29, 1.82) is 0 Å². The molecule has 0 spiro atoms. The second kappa shape index (κ2) is 8.84. The van der Waals surface area contributed by atoms with Gasteiger partial charge in [0, 0.05) is 13.1 Å². The summed E-state index contributed by atoms with van der Waals surface area (Å²) in [5.74, 6) is -0.557. The van der Waals surface area contributed by atoms with E-state index in [4.69, 9.17) is 5.11 Å². The first-order valence-electron chi connectivity index (χ1n) is 6.18. The zero-order chi connectivity index (χ0) is 13.3. The summed E-state index contributed by atoms with van der Waals surface area (Å²) in [6.07, 6.45) is 2.23. The van der Waals surface area contributed by atoms with Crippen LogP contribution >= 0.6 is 0 Å². The SMILES string of the molecule is CC(C)CCNC(=O)NCCCC(C)C(=O)O. The van der Waals surface area contributed by atoms with E-state index < -0.39 is 5.97 Å². The lowest BCUT2D eigenvalue weighted by Crippen LogP contribution is -2.37. The summed E-state index contributed by atoms with van der Waals surface area (Å²) in [7, 11) is 0. The molecule has 0 aliphatic carbocycles. The molecule has 2 amide bonds. The predicted molar refractivity (Wildman–Crippen MR) is 66.9 cm³/mol. The highest BCUT2D eigenvalue weighted by Gasteiger charge is 2.09. The van der Waals surface area contributed by atoms with Gasteiger partial charge < -0.3 is 15.7 Å². The Bertz CT molecular complexity index is 242. The van der Waals surface area contributed by atoms with E-state index in [0.717, 1.165) is 6.42 Å². The Labute approximate surface area is 103 Å². The third-order valence-electron chi connectivity index (χ3n) is 2.53. The molecule has 1 atom stereocenters. The molecule has 100 valence electrons. The largest absolute Gasteiger partial charge is 0.481 e. The van der Waals surface area contributed by atoms with Crippen LogP contribution in [0.25, 0.3) is 0 Å². The highest BCUT2D eigenvalue weighted by Crippen LogP contribution is 2.04. The number of urea groups is 1. The first-order chi connectivity index (χ1) is 7.93. The summed E-state index contributed by atoms with van der Waals surface area (Å²) in [6, 6.07) is -0.173. The lowest BCUT2D eigenvalue weighted by molar-refractivity contribution is -0.141. The Morgan fingerprint density at radius 1 is 1.06 bits per heavy atom. The van der Waals surface area contributed by atoms with Gasteiger partial charge >= 0.3 is 12.0 Å². The number of hydrogen-bond acceptors (Lipinski definition) is 2. The Balaban J connectivity index is 3.42. The standard InChI is InChI=1S/C12H24N2O3/c1-9(2)6-8-14-12(17)13-7-4-5-10(3)11(15)16/h9-10H,4-8H2,1-3H3,(H,15,16)(H2,13,14,17). The fourth-order valence-electron chi connectivity index (χ4n) is 1.27. The summed E-state index contributed by atoms with van der Waals surface area (Å²) in [5.41, 5.74) is 0. The van der Waals surface area contributed by atoms with Gasteiger partial charge in [-0.05, 0) is 25.2 Å². The molecule has 0 rings (SSSR count). The zero-order valence-corrected chi connectivity index (χ0v) is 11.0. The molecule has 0 bridgehead atoms. The number of nitrogens with one attached hydrogen (secondary N) is 2. The quantitative estimate of drug-likeness (QED) is 0.570. The number of carboxylic acid groups (broad SMARTS) is 1. The topological polar surface area (TPSA) is 78.4 Å². The van der Waals surface area contributed by atoms with E-state index in [-0.39, 0.29) is 11.9 Å². The normalized spacial score (nSPS) is 12.2. The van der Waals surface area contributed by atoms with Gasteiger partial charge in [0.2, 0.25) is 0 Å². The van der Waals surface area contributed by atoms with Gasteiger partial charge in [0.25, 0.3) is 0 Å². The molecule has 0 radical (unpaired) electrons. The van der Waals surface area contributed by atoms with Crippen LogP contribution in [0.4, 0.5) is 4.79 Å². The minimum absolute atomic E-state index is 0.173. The number of carboxylic acids is 1. The molecule has 3 N–H and O–H groups in total. The molecule has 0 aliphatic rings. The fraction of sp³-hybridized carbons (Fsp3) is 0.833. The third-order valence-corrected chi connectivity index (χ3v) is 2.53. The van der Waals surface area contributed by atoms with Crippen molar-refractivity contribution in [1.82, 2.24) is 10.6 Å². The number of carbonyl (C=O) groups is 2. The van der Waals surface area contributed by atoms with Crippen LogP contribution in [0.1, 0.15) is 40.0 Å². The van der Waals surface area contributed by atoms with E-state index in [2.05, 4.69) is 24.5 Å². The second-order valence-electron chi connectivity index (χ2n) is 4.75. The lowest BCUT2D eigenvalue weighted by Gasteiger charge is -2.09. The monoisotopic (exact) mass is 244 g/mol. The molecule has 0 aromatic carbocycles. The Morgan fingerprint density at radius 2 is 1.65 bits per heavy atom. The summed E-state index contributed by atoms with van der Waals surface area (Å²) in [5, 5.41) is 14.1. The van der Waals surface area contributed by atoms with Crippen LogP contribution in [0.5, 0.6) is 0 Å². The van der Waals surface area contributed by atoms with E-state index in [1.807, 2.05) is 0 Å². The van der Waals surface area contributed by atoms with Gasteiger partial charge in [0.05, 0.1) is 5.92 Å². The predicted octanol–water partition coefficient (Wildman–Crippen LogP) is 1.83. The van der Waals surface area contributed by atoms with Crippen molar-refractivity contribution in [2.75, 3.05) is 13.1 Å². The summed E-state index contributed by atoms with van der Waals surface area (Å²) < 4.78 is 0. The van der Waals surface area contributed by atoms with Crippen LogP contribution in [0.15, 0.2) is 0 Å². The molecule has 0 aliphatic heterocycles. The van der Waals surface area contributed by atoms with Crippen LogP contribution in [0.2, 0.25) is 0 Å². The van der Waals surface area contributed by atoms with Crippen molar-refractivity contribution < 1.29 is 14.7 Å². The first kappa shape index (κ1) is 15.7. The molecule has 0 aromatic heterocycles. The average Bonchev–Trinajstić information content (AvgIpc) is 2.23. The average molecular weight is 244 g/mol. The molecule has 0 aromatic rings. The highest BCUT2D eigenvalue weighted by atomic mass is 16.4. The number of amides is 2. The van der Waals surface area contributed by atoms with Gasteiger partial charge in [0.1, 0.15) is 0 Å². The van der Waals surface area contributed by atoms with Crippen molar-refractivity contribution in [3.8, 4) is 0 Å². The molecule has 0 saturated heterocycles. The minimum Gasteiger partial charge on any atom is -0.481 e. The van der Waals surface area contributed by atoms with E-state index in [9.17, 15) is 9.59 Å². The Hall–Kier alpha value is -1.26. The van der Waals surface area contributed by atoms with Gasteiger partial charge in [0.15, 0.2) is 0 Å². The number of carbonyl (C=O) groups excluding carboxylic acids is 1. The smallest absolute Gasteiger partial charge is 0.314 e. The minimum atomic E-state index is -0.786. The highest BCUT2D eigenvalue weighted by molar-refractivity contribution is 5.73. The molecule has 5 nitrogen and oxygen atoms in total. The van der Waals surface area contributed by atoms with E-state index >= 15 is 0 Å². The van der Waals surface area contributed by atoms with Gasteiger partial charge in [-0.25, -0.2) is 4.79 Å². The molecule has 1 unspecified atom stereocenters. The molecular formula is C12H24N2O3. The molecule has 5 heteroatoms. The van der Waals surface area contributed by atoms with E-state index in [0.29, 0.717) is 31.8 Å². The molecule has 0 saturated carbocycles. The van der Waals surface area contributed by atoms with Crippen molar-refractivity contribution in [3.63, 3.8) is 0 Å². The van der Waals surface area contributed by atoms with Crippen LogP contribution < -0.4 is 10.6 Å². The van der Waals surface area contributed by atoms with Crippen molar-refractivity contribution in [2.45, 2.75) is 40.0 Å². The third kappa shape index (κ3) is 9.66. The Kier molecular flexibility index (Phi) is 8.19. The van der Waals surface area contributed by atoms with Gasteiger partial charge in [-0.2, -0.15) is 0 Å². The van der Waals surface area contributed by atoms with Gasteiger partial charge in [-0.15, -0.1) is 0 Å².